The summed E-state index contributed by atoms with van der Waals surface area (Å²) in [5, 5.41) is 43.7. The Hall–Kier alpha value is -8.65. The van der Waals surface area contributed by atoms with Gasteiger partial charge in [0.15, 0.2) is 5.82 Å². The van der Waals surface area contributed by atoms with Crippen molar-refractivity contribution in [2.24, 2.45) is 16.1 Å². The number of aliphatic imine (C=N–C) groups is 1. The predicted octanol–water partition coefficient (Wildman–Crippen LogP) is -0.246. The summed E-state index contributed by atoms with van der Waals surface area (Å²) in [6.45, 7) is 8.98. The van der Waals surface area contributed by atoms with E-state index in [4.69, 9.17) is 22.3 Å². The van der Waals surface area contributed by atoms with Crippen LogP contribution in [0.3, 0.4) is 0 Å². The number of carbonyl (C=O) groups is 11. The minimum atomic E-state index is -1.72. The van der Waals surface area contributed by atoms with Gasteiger partial charge in [0.25, 0.3) is 0 Å². The van der Waals surface area contributed by atoms with Crippen molar-refractivity contribution in [3.8, 4) is 15.4 Å². The van der Waals surface area contributed by atoms with Gasteiger partial charge >= 0.3 is 0 Å². The maximum absolute atomic E-state index is 14.7. The van der Waals surface area contributed by atoms with E-state index in [9.17, 15) is 57.8 Å². The van der Waals surface area contributed by atoms with Gasteiger partial charge in [-0.3, -0.25) is 62.3 Å². The predicted molar refractivity (Wildman–Crippen MR) is 334 cm³/mol. The first-order valence-electron chi connectivity index (χ1n) is 28.4. The molecular weight excluding hydrogens is 1240 g/mol. The van der Waals surface area contributed by atoms with Crippen LogP contribution in [-0.4, -0.2) is 181 Å². The van der Waals surface area contributed by atoms with Gasteiger partial charge in [0, 0.05) is 46.3 Å². The highest BCUT2D eigenvalue weighted by Gasteiger charge is 2.46. The molecule has 478 valence electrons. The number of aromatic nitrogens is 4. The zero-order valence-corrected chi connectivity index (χ0v) is 53.3. The molecule has 0 bridgehead atoms. The molecular formula is C58H69ClN16O12S3. The number of benzene rings is 2. The van der Waals surface area contributed by atoms with Crippen LogP contribution in [0, 0.1) is 33.1 Å². The number of rotatable bonds is 14. The average molecular weight is 1310 g/mol. The minimum absolute atomic E-state index is 0.232. The fraction of sp³-hybridized carbons (Fsp3) is 0.431. The lowest BCUT2D eigenvalue weighted by Crippen LogP contribution is -2.59. The smallest absolute Gasteiger partial charge is 0.247 e. The number of amides is 11. The van der Waals surface area contributed by atoms with Crippen LogP contribution in [0.5, 0.6) is 0 Å². The van der Waals surface area contributed by atoms with Gasteiger partial charge < -0.3 is 63.6 Å². The topological polar surface area (TPSA) is 401 Å². The lowest BCUT2D eigenvalue weighted by molar-refractivity contribution is -0.144. The molecule has 0 aliphatic carbocycles. The van der Waals surface area contributed by atoms with Crippen LogP contribution in [0.15, 0.2) is 59.0 Å². The molecule has 0 radical (unpaired) electrons. The van der Waals surface area contributed by atoms with Gasteiger partial charge in [-0.15, -0.1) is 44.6 Å². The number of nitrogens with zero attached hydrogens (tertiary/aromatic N) is 6. The molecule has 0 spiro atoms. The number of halogens is 1. The van der Waals surface area contributed by atoms with Gasteiger partial charge in [0.05, 0.1) is 66.2 Å². The van der Waals surface area contributed by atoms with Gasteiger partial charge in [-0.2, -0.15) is 0 Å². The molecule has 5 aromatic rings. The van der Waals surface area contributed by atoms with Crippen molar-refractivity contribution in [2.45, 2.75) is 104 Å². The third kappa shape index (κ3) is 16.6. The van der Waals surface area contributed by atoms with E-state index in [2.05, 4.69) is 63.0 Å². The van der Waals surface area contributed by atoms with Crippen LogP contribution in [-0.2, 0) is 52.7 Å². The molecule has 90 heavy (non-hydrogen) atoms. The zero-order valence-electron chi connectivity index (χ0n) is 50.1. The van der Waals surface area contributed by atoms with Crippen molar-refractivity contribution in [1.29, 1.82) is 0 Å². The maximum Gasteiger partial charge on any atom is 0.247 e. The van der Waals surface area contributed by atoms with Crippen molar-refractivity contribution >= 4 is 117 Å². The zero-order chi connectivity index (χ0) is 65.3. The van der Waals surface area contributed by atoms with Gasteiger partial charge in [0.2, 0.25) is 65.0 Å². The molecule has 6 heterocycles. The first kappa shape index (κ1) is 67.3. The molecule has 0 unspecified atom stereocenters. The van der Waals surface area contributed by atoms with Crippen LogP contribution in [0.1, 0.15) is 90.2 Å². The number of thiazole rings is 1. The maximum atomic E-state index is 14.7. The van der Waals surface area contributed by atoms with Gasteiger partial charge in [0.1, 0.15) is 47.1 Å². The Balaban J connectivity index is 1.10. The van der Waals surface area contributed by atoms with Crippen molar-refractivity contribution in [3.63, 3.8) is 0 Å². The number of nitrogens with one attached hydrogen (secondary N) is 9. The van der Waals surface area contributed by atoms with Crippen LogP contribution in [0.2, 0.25) is 5.02 Å². The molecule has 11 amide bonds. The molecule has 32 heteroatoms. The Kier molecular flexibility index (Phi) is 21.9. The second-order valence-corrected chi connectivity index (χ2v) is 26.2. The summed E-state index contributed by atoms with van der Waals surface area (Å²) in [6, 6.07) is 5.23. The first-order chi connectivity index (χ1) is 42.7. The number of hydrogen-bond donors (Lipinski definition) is 11. The standard InChI is InChI=1S/C58H69ClN16O12S3/c1-27-29(3)90-57-46(27)47(31-12-14-34(59)15-13-31)68-36(51-73-72-30(4)75(51)57)17-41(78)61-18-37-53(84)69-38(52(83)64-21-43(80)63-20-42(79)62-19-40(60)77)24-88-25-45(82)70-50(58(5,6)7)56(87)74-23-35(76)16-39(74)54(85)71-48(55(86)65-22-44(81)67-37)32-8-10-33(11-9-32)49-28(2)66-26-89-49/h8-15,26,35-39,48,50,76H,16-25H2,1-7H3,(H2,60,77)(H,61,78)(H,62,79)(H,63,80)(H,64,83)(H,65,86)(H,67,81)(H,69,84)(H,70,82)(H,71,85)/t35-,36+,37-,38-,39+,48-,50-/m1/s1. The van der Waals surface area contributed by atoms with E-state index >= 15 is 0 Å². The number of carbonyl (C=O) groups excluding carboxylic acids is 11. The molecule has 2 saturated heterocycles. The van der Waals surface area contributed by atoms with Crippen LogP contribution >= 0.6 is 46.0 Å². The Bertz CT molecular complexity index is 3640. The number of primary amides is 1. The third-order valence-electron chi connectivity index (χ3n) is 14.9. The summed E-state index contributed by atoms with van der Waals surface area (Å²) in [5.41, 5.74) is 10.5. The van der Waals surface area contributed by atoms with Crippen LogP contribution in [0.25, 0.3) is 15.4 Å². The van der Waals surface area contributed by atoms with Crippen LogP contribution < -0.4 is 53.6 Å². The summed E-state index contributed by atoms with van der Waals surface area (Å²) in [5.74, 6) is -9.30. The summed E-state index contributed by atoms with van der Waals surface area (Å²) < 4.78 is 1.84. The summed E-state index contributed by atoms with van der Waals surface area (Å²) >= 11 is 10.0. The third-order valence-corrected chi connectivity index (χ3v) is 18.3. The molecule has 3 aromatic heterocycles. The molecule has 0 saturated carbocycles. The van der Waals surface area contributed by atoms with Crippen molar-refractivity contribution in [2.75, 3.05) is 50.8 Å². The second-order valence-electron chi connectivity index (χ2n) is 22.7. The fourth-order valence-corrected chi connectivity index (χ4v) is 13.1. The number of fused-ring (bicyclic) bond motifs is 4. The summed E-state index contributed by atoms with van der Waals surface area (Å²) in [7, 11) is 0. The first-order valence-corrected chi connectivity index (χ1v) is 31.7. The highest BCUT2D eigenvalue weighted by atomic mass is 35.5. The van der Waals surface area contributed by atoms with E-state index in [0.717, 1.165) is 53.8 Å². The van der Waals surface area contributed by atoms with E-state index in [1.807, 2.05) is 37.5 Å². The summed E-state index contributed by atoms with van der Waals surface area (Å²) in [4.78, 5) is 163. The van der Waals surface area contributed by atoms with Crippen molar-refractivity contribution in [3.05, 3.63) is 104 Å². The van der Waals surface area contributed by atoms with E-state index in [-0.39, 0.29) is 30.7 Å². The van der Waals surface area contributed by atoms with E-state index in [1.165, 1.54) is 22.7 Å². The highest BCUT2D eigenvalue weighted by Crippen LogP contribution is 2.40. The van der Waals surface area contributed by atoms with E-state index in [1.54, 1.807) is 69.6 Å². The number of nitrogens with two attached hydrogens (primary N) is 1. The Morgan fingerprint density at radius 1 is 0.789 bits per heavy atom. The summed E-state index contributed by atoms with van der Waals surface area (Å²) in [6.07, 6.45) is -1.78. The van der Waals surface area contributed by atoms with Gasteiger partial charge in [-0.25, -0.2) is 4.98 Å². The largest absolute Gasteiger partial charge is 0.391 e. The van der Waals surface area contributed by atoms with Crippen molar-refractivity contribution < 1.29 is 57.8 Å². The normalized spacial score (nSPS) is 21.2. The minimum Gasteiger partial charge on any atom is -0.391 e. The molecule has 8 rings (SSSR count). The number of aliphatic hydroxyl groups excluding tert-OH is 1. The lowest BCUT2D eigenvalue weighted by Gasteiger charge is -2.35. The SMILES string of the molecule is Cc1ncsc1-c1ccc([C@H]2NC(=O)[C@@H]3C[C@@H](O)CN3C(=O)[C@H](C(C)(C)C)NC(=O)CSC[C@H](C(=O)NCC(=O)NCC(=O)NCC(N)=O)NC(=O)[C@@H](CNC(=O)C[C@@H]3N=C(c4ccc(Cl)cc4)c4c(sc(C)c4C)-n4c(C)nnc43)NC(=O)CNC2=O)cc1. The monoisotopic (exact) mass is 1310 g/mol. The Labute approximate surface area is 533 Å². The molecule has 12 N–H and O–H groups in total. The molecule has 2 aromatic carbocycles. The number of thiophene rings is 1. The fourth-order valence-electron chi connectivity index (χ4n) is 10.1. The number of aliphatic hydroxyl groups is 1. The molecule has 3 aliphatic rings. The molecule has 3 aliphatic heterocycles. The second kappa shape index (κ2) is 29.3. The average Bonchev–Trinajstić information content (AvgIpc) is 1.60. The molecule has 28 nitrogen and oxygen atoms in total. The van der Waals surface area contributed by atoms with Crippen molar-refractivity contribution in [1.82, 2.24) is 72.5 Å². The van der Waals surface area contributed by atoms with Crippen LogP contribution in [0.4, 0.5) is 0 Å². The number of thioether (sulfide) groups is 1. The number of hydrogen-bond acceptors (Lipinski definition) is 19. The highest BCUT2D eigenvalue weighted by molar-refractivity contribution is 8.00. The number of aryl methyl sites for hydroxylation is 3. The quantitative estimate of drug-likeness (QED) is 0.0683. The lowest BCUT2D eigenvalue weighted by atomic mass is 9.85. The van der Waals surface area contributed by atoms with E-state index < -0.39 is 151 Å². The Morgan fingerprint density at radius 2 is 1.47 bits per heavy atom. The Morgan fingerprint density at radius 3 is 2.13 bits per heavy atom. The molecule has 7 atom stereocenters. The molecule has 2 fully saturated rings. The van der Waals surface area contributed by atoms with Gasteiger partial charge in [-0.1, -0.05) is 68.8 Å². The van der Waals surface area contributed by atoms with Gasteiger partial charge in [-0.05, 0) is 61.9 Å². The van der Waals surface area contributed by atoms with E-state index in [0.29, 0.717) is 27.9 Å².